The fourth-order valence-electron chi connectivity index (χ4n) is 1.81. The number of nitrogens with zero attached hydrogens (tertiary/aromatic N) is 3. The first-order chi connectivity index (χ1) is 7.68. The van der Waals surface area contributed by atoms with Gasteiger partial charge in [0.25, 0.3) is 0 Å². The maximum Gasteiger partial charge on any atom is 0.247 e. The third-order valence-electron chi connectivity index (χ3n) is 2.82. The molecule has 2 rings (SSSR count). The summed E-state index contributed by atoms with van der Waals surface area (Å²) in [5.41, 5.74) is 0.932. The molecule has 1 unspecified atom stereocenters. The minimum atomic E-state index is -0.230. The SMILES string of the molecule is Cc1ccn(C(C)C(=O)N2CCOCC2)n1. The van der Waals surface area contributed by atoms with E-state index < -0.39 is 0 Å². The van der Waals surface area contributed by atoms with E-state index in [-0.39, 0.29) is 11.9 Å². The van der Waals surface area contributed by atoms with Crippen LogP contribution in [0.15, 0.2) is 12.3 Å². The molecule has 1 amide bonds. The Morgan fingerprint density at radius 1 is 1.50 bits per heavy atom. The van der Waals surface area contributed by atoms with E-state index >= 15 is 0 Å². The van der Waals surface area contributed by atoms with E-state index in [4.69, 9.17) is 4.74 Å². The van der Waals surface area contributed by atoms with Gasteiger partial charge in [0.1, 0.15) is 6.04 Å². The molecule has 0 radical (unpaired) electrons. The fourth-order valence-corrected chi connectivity index (χ4v) is 1.81. The van der Waals surface area contributed by atoms with Gasteiger partial charge in [-0.3, -0.25) is 9.48 Å². The van der Waals surface area contributed by atoms with E-state index in [1.165, 1.54) is 0 Å². The molecule has 0 aliphatic carbocycles. The maximum absolute atomic E-state index is 12.1. The molecule has 1 aromatic rings. The highest BCUT2D eigenvalue weighted by atomic mass is 16.5. The second-order valence-corrected chi connectivity index (χ2v) is 4.05. The lowest BCUT2D eigenvalue weighted by molar-refractivity contribution is -0.138. The molecule has 1 atom stereocenters. The van der Waals surface area contributed by atoms with Crippen molar-refractivity contribution in [1.82, 2.24) is 14.7 Å². The number of carbonyl (C=O) groups excluding carboxylic acids is 1. The lowest BCUT2D eigenvalue weighted by atomic mass is 10.2. The van der Waals surface area contributed by atoms with Crippen molar-refractivity contribution in [2.75, 3.05) is 26.3 Å². The van der Waals surface area contributed by atoms with Crippen molar-refractivity contribution in [2.24, 2.45) is 0 Å². The Morgan fingerprint density at radius 3 is 2.75 bits per heavy atom. The van der Waals surface area contributed by atoms with Crippen LogP contribution in [-0.4, -0.2) is 46.9 Å². The first-order valence-electron chi connectivity index (χ1n) is 5.57. The van der Waals surface area contributed by atoms with Crippen LogP contribution in [0.1, 0.15) is 18.7 Å². The van der Waals surface area contributed by atoms with Gasteiger partial charge in [-0.25, -0.2) is 0 Å². The van der Waals surface area contributed by atoms with Gasteiger partial charge in [-0.2, -0.15) is 5.10 Å². The molecule has 0 aromatic carbocycles. The topological polar surface area (TPSA) is 47.4 Å². The molecule has 5 nitrogen and oxygen atoms in total. The third kappa shape index (κ3) is 2.24. The molecule has 1 aliphatic rings. The van der Waals surface area contributed by atoms with Crippen LogP contribution in [0.5, 0.6) is 0 Å². The first-order valence-corrected chi connectivity index (χ1v) is 5.57. The average molecular weight is 223 g/mol. The van der Waals surface area contributed by atoms with E-state index in [0.717, 1.165) is 5.69 Å². The molecule has 1 fully saturated rings. The summed E-state index contributed by atoms with van der Waals surface area (Å²) >= 11 is 0. The summed E-state index contributed by atoms with van der Waals surface area (Å²) in [6.07, 6.45) is 1.85. The van der Waals surface area contributed by atoms with Crippen molar-refractivity contribution in [2.45, 2.75) is 19.9 Å². The van der Waals surface area contributed by atoms with Gasteiger partial charge in [0.15, 0.2) is 0 Å². The van der Waals surface area contributed by atoms with E-state index in [1.807, 2.05) is 31.0 Å². The van der Waals surface area contributed by atoms with Crippen molar-refractivity contribution in [3.63, 3.8) is 0 Å². The predicted octanol–water partition coefficient (Wildman–Crippen LogP) is 0.611. The van der Waals surface area contributed by atoms with Crippen LogP contribution < -0.4 is 0 Å². The molecule has 0 bridgehead atoms. The normalized spacial score (nSPS) is 18.5. The number of rotatable bonds is 2. The van der Waals surface area contributed by atoms with Crippen molar-refractivity contribution in [3.05, 3.63) is 18.0 Å². The Bertz CT molecular complexity index is 369. The molecule has 2 heterocycles. The Morgan fingerprint density at radius 2 is 2.19 bits per heavy atom. The molecule has 5 heteroatoms. The zero-order chi connectivity index (χ0) is 11.5. The Hall–Kier alpha value is -1.36. The average Bonchev–Trinajstić information content (AvgIpc) is 2.75. The highest BCUT2D eigenvalue weighted by molar-refractivity contribution is 5.80. The molecule has 1 saturated heterocycles. The number of aryl methyl sites for hydroxylation is 1. The molecule has 0 spiro atoms. The summed E-state index contributed by atoms with van der Waals surface area (Å²) in [4.78, 5) is 14.0. The zero-order valence-corrected chi connectivity index (χ0v) is 9.72. The van der Waals surface area contributed by atoms with Gasteiger partial charge < -0.3 is 9.64 Å². The molecule has 1 aromatic heterocycles. The number of aromatic nitrogens is 2. The van der Waals surface area contributed by atoms with Crippen molar-refractivity contribution in [3.8, 4) is 0 Å². The van der Waals surface area contributed by atoms with E-state index in [0.29, 0.717) is 26.3 Å². The van der Waals surface area contributed by atoms with Gasteiger partial charge >= 0.3 is 0 Å². The highest BCUT2D eigenvalue weighted by Gasteiger charge is 2.23. The predicted molar refractivity (Wildman–Crippen MR) is 59.1 cm³/mol. The summed E-state index contributed by atoms with van der Waals surface area (Å²) in [5.74, 6) is 0.117. The largest absolute Gasteiger partial charge is 0.378 e. The molecular formula is C11H17N3O2. The number of morpholine rings is 1. The first kappa shape index (κ1) is 11.1. The Kier molecular flexibility index (Phi) is 3.24. The lowest BCUT2D eigenvalue weighted by Crippen LogP contribution is -2.43. The maximum atomic E-state index is 12.1. The van der Waals surface area contributed by atoms with Crippen LogP contribution in [0.2, 0.25) is 0 Å². The van der Waals surface area contributed by atoms with Crippen LogP contribution in [-0.2, 0) is 9.53 Å². The van der Waals surface area contributed by atoms with Crippen LogP contribution in [0, 0.1) is 6.92 Å². The number of carbonyl (C=O) groups is 1. The van der Waals surface area contributed by atoms with Gasteiger partial charge in [0.05, 0.1) is 18.9 Å². The van der Waals surface area contributed by atoms with Crippen molar-refractivity contribution in [1.29, 1.82) is 0 Å². The number of amides is 1. The summed E-state index contributed by atoms with van der Waals surface area (Å²) in [6, 6.07) is 1.68. The van der Waals surface area contributed by atoms with Gasteiger partial charge in [0.2, 0.25) is 5.91 Å². The lowest BCUT2D eigenvalue weighted by Gasteiger charge is -2.29. The number of hydrogen-bond acceptors (Lipinski definition) is 3. The number of ether oxygens (including phenoxy) is 1. The quantitative estimate of drug-likeness (QED) is 0.738. The van der Waals surface area contributed by atoms with Crippen LogP contribution in [0.25, 0.3) is 0 Å². The van der Waals surface area contributed by atoms with Crippen molar-refractivity contribution >= 4 is 5.91 Å². The zero-order valence-electron chi connectivity index (χ0n) is 9.72. The molecular weight excluding hydrogens is 206 g/mol. The van der Waals surface area contributed by atoms with Crippen LogP contribution >= 0.6 is 0 Å². The minimum absolute atomic E-state index is 0.117. The van der Waals surface area contributed by atoms with Crippen LogP contribution in [0.3, 0.4) is 0 Å². The molecule has 16 heavy (non-hydrogen) atoms. The van der Waals surface area contributed by atoms with Gasteiger partial charge in [0, 0.05) is 19.3 Å². The standard InChI is InChI=1S/C11H17N3O2/c1-9-3-4-14(12-9)10(2)11(15)13-5-7-16-8-6-13/h3-4,10H,5-8H2,1-2H3. The Balaban J connectivity index is 2.03. The molecule has 0 N–H and O–H groups in total. The summed E-state index contributed by atoms with van der Waals surface area (Å²) in [5, 5.41) is 4.26. The van der Waals surface area contributed by atoms with Gasteiger partial charge in [-0.05, 0) is 19.9 Å². The van der Waals surface area contributed by atoms with E-state index in [1.54, 1.807) is 4.68 Å². The monoisotopic (exact) mass is 223 g/mol. The molecule has 1 aliphatic heterocycles. The van der Waals surface area contributed by atoms with Gasteiger partial charge in [-0.1, -0.05) is 0 Å². The second-order valence-electron chi connectivity index (χ2n) is 4.05. The van der Waals surface area contributed by atoms with E-state index in [9.17, 15) is 4.79 Å². The molecule has 0 saturated carbocycles. The second kappa shape index (κ2) is 4.65. The summed E-state index contributed by atoms with van der Waals surface area (Å²) in [6.45, 7) is 6.44. The fraction of sp³-hybridized carbons (Fsp3) is 0.636. The Labute approximate surface area is 95.0 Å². The highest BCUT2D eigenvalue weighted by Crippen LogP contribution is 2.11. The third-order valence-corrected chi connectivity index (χ3v) is 2.82. The summed E-state index contributed by atoms with van der Waals surface area (Å²) in [7, 11) is 0. The summed E-state index contributed by atoms with van der Waals surface area (Å²) < 4.78 is 6.94. The van der Waals surface area contributed by atoms with Gasteiger partial charge in [-0.15, -0.1) is 0 Å². The minimum Gasteiger partial charge on any atom is -0.378 e. The molecule has 88 valence electrons. The van der Waals surface area contributed by atoms with Crippen LogP contribution in [0.4, 0.5) is 0 Å². The van der Waals surface area contributed by atoms with E-state index in [2.05, 4.69) is 5.10 Å². The number of hydrogen-bond donors (Lipinski definition) is 0. The van der Waals surface area contributed by atoms with Crippen molar-refractivity contribution < 1.29 is 9.53 Å². The smallest absolute Gasteiger partial charge is 0.247 e.